The third-order valence-corrected chi connectivity index (χ3v) is 8.93. The zero-order chi connectivity index (χ0) is 30.5. The number of aryl methyl sites for hydroxylation is 1. The van der Waals surface area contributed by atoms with Crippen molar-refractivity contribution >= 4 is 45.2 Å². The van der Waals surface area contributed by atoms with Crippen molar-refractivity contribution in [2.24, 2.45) is 0 Å². The van der Waals surface area contributed by atoms with E-state index in [1.165, 1.54) is 44.8 Å². The van der Waals surface area contributed by atoms with E-state index in [2.05, 4.69) is 163 Å². The Morgan fingerprint density at radius 2 is 1.40 bits per heavy atom. The molecule has 2 bridgehead atoms. The van der Waals surface area contributed by atoms with Gasteiger partial charge >= 0.3 is 0 Å². The van der Waals surface area contributed by atoms with Crippen LogP contribution >= 0.6 is 0 Å². The Morgan fingerprint density at radius 1 is 0.667 bits per heavy atom. The van der Waals surface area contributed by atoms with E-state index in [0.717, 1.165) is 39.3 Å². The molecule has 8 rings (SSSR count). The fourth-order valence-electron chi connectivity index (χ4n) is 6.81. The van der Waals surface area contributed by atoms with Crippen LogP contribution in [0.25, 0.3) is 33.5 Å². The maximum absolute atomic E-state index is 4.79. The zero-order valence-electron chi connectivity index (χ0n) is 25.2. The van der Waals surface area contributed by atoms with Crippen molar-refractivity contribution < 1.29 is 0 Å². The van der Waals surface area contributed by atoms with Crippen LogP contribution in [0, 0.1) is 6.92 Å². The fraction of sp³-hybridized carbons (Fsp3) is 0.0233. The second-order valence-corrected chi connectivity index (χ2v) is 11.6. The van der Waals surface area contributed by atoms with Gasteiger partial charge in [-0.3, -0.25) is 0 Å². The minimum atomic E-state index is 1.03. The molecule has 3 aliphatic rings. The Bertz CT molecular complexity index is 2140. The van der Waals surface area contributed by atoms with E-state index in [9.17, 15) is 0 Å². The van der Waals surface area contributed by atoms with Gasteiger partial charge in [-0.1, -0.05) is 122 Å². The highest BCUT2D eigenvalue weighted by Gasteiger charge is 2.40. The van der Waals surface area contributed by atoms with Crippen molar-refractivity contribution in [3.8, 4) is 11.1 Å². The molecule has 214 valence electrons. The summed E-state index contributed by atoms with van der Waals surface area (Å²) in [4.78, 5) is 4.70. The second-order valence-electron chi connectivity index (χ2n) is 11.6. The van der Waals surface area contributed by atoms with Gasteiger partial charge in [-0.25, -0.2) is 0 Å². The number of rotatable bonds is 5. The average molecular weight is 577 g/mol. The molecule has 0 saturated carbocycles. The van der Waals surface area contributed by atoms with Crippen LogP contribution in [-0.2, 0) is 0 Å². The normalized spacial score (nSPS) is 18.2. The molecule has 0 unspecified atom stereocenters. The summed E-state index contributed by atoms with van der Waals surface area (Å²) in [5.74, 6) is 0. The molecule has 1 aliphatic carbocycles. The molecule has 0 saturated heterocycles. The molecule has 0 spiro atoms. The number of fused-ring (bicyclic) bond motifs is 3. The van der Waals surface area contributed by atoms with Gasteiger partial charge in [0.25, 0.3) is 0 Å². The van der Waals surface area contributed by atoms with E-state index in [1.54, 1.807) is 0 Å². The number of anilines is 4. The number of allylic oxidation sites excluding steroid dienone is 8. The van der Waals surface area contributed by atoms with E-state index in [4.69, 9.17) is 6.58 Å². The van der Waals surface area contributed by atoms with Gasteiger partial charge in [0.1, 0.15) is 0 Å². The summed E-state index contributed by atoms with van der Waals surface area (Å²) in [7, 11) is 0. The van der Waals surface area contributed by atoms with Crippen molar-refractivity contribution in [1.29, 1.82) is 0 Å². The van der Waals surface area contributed by atoms with Gasteiger partial charge in [0.15, 0.2) is 0 Å². The lowest BCUT2D eigenvalue weighted by Crippen LogP contribution is -2.30. The first-order valence-electron chi connectivity index (χ1n) is 15.3. The fourth-order valence-corrected chi connectivity index (χ4v) is 6.81. The lowest BCUT2D eigenvalue weighted by molar-refractivity contribution is 1.18. The van der Waals surface area contributed by atoms with Gasteiger partial charge in [-0.2, -0.15) is 0 Å². The molecule has 0 radical (unpaired) electrons. The molecule has 0 N–H and O–H groups in total. The zero-order valence-corrected chi connectivity index (χ0v) is 25.2. The van der Waals surface area contributed by atoms with Gasteiger partial charge in [0.2, 0.25) is 0 Å². The van der Waals surface area contributed by atoms with Crippen molar-refractivity contribution in [3.63, 3.8) is 0 Å². The van der Waals surface area contributed by atoms with E-state index >= 15 is 0 Å². The topological polar surface area (TPSA) is 6.48 Å². The number of nitrogens with zero attached hydrogens (tertiary/aromatic N) is 2. The number of hydrogen-bond donors (Lipinski definition) is 0. The molecule has 2 heterocycles. The standard InChI is InChI=1S/C43H32N2/c1-4-5-17-38-37-19-10-9-18-36(37)35-20-12-27-44(33-23-21-29(2)22-24-33)39-25-26-40-42(41(39)30(35)3)43(38)45(40)34-16-11-15-32(28-34)31-13-7-6-8-14-31/h4-28H,1,3H2,2H3/b17-5-,27-12-,35-20+,43-38+. The second kappa shape index (κ2) is 10.7. The first kappa shape index (κ1) is 26.7. The highest BCUT2D eigenvalue weighted by molar-refractivity contribution is 6.23. The maximum Gasteiger partial charge on any atom is 0.0641 e. The van der Waals surface area contributed by atoms with Crippen LogP contribution in [0.1, 0.15) is 27.8 Å². The summed E-state index contributed by atoms with van der Waals surface area (Å²) >= 11 is 0. The van der Waals surface area contributed by atoms with E-state index in [-0.39, 0.29) is 0 Å². The Balaban J connectivity index is 1.45. The Kier molecular flexibility index (Phi) is 6.36. The molecule has 45 heavy (non-hydrogen) atoms. The van der Waals surface area contributed by atoms with Crippen molar-refractivity contribution in [2.45, 2.75) is 6.92 Å². The first-order chi connectivity index (χ1) is 22.1. The van der Waals surface area contributed by atoms with Gasteiger partial charge in [-0.05, 0) is 82.8 Å². The predicted octanol–water partition coefficient (Wildman–Crippen LogP) is 11.5. The van der Waals surface area contributed by atoms with Crippen molar-refractivity contribution in [1.82, 2.24) is 0 Å². The first-order valence-corrected chi connectivity index (χ1v) is 15.3. The SMILES string of the molecule is C=C/C=C\C1=C2\c3c(ccc4c3C(=C)/C(=C\C=C/N4c3ccc(C)cc3)c3ccccc31)N2c1cccc(-c2ccccc2)c1. The number of benzene rings is 5. The van der Waals surface area contributed by atoms with Crippen LogP contribution in [-0.4, -0.2) is 0 Å². The Hall–Kier alpha value is -5.86. The number of hydrogen-bond acceptors (Lipinski definition) is 2. The average Bonchev–Trinajstić information content (AvgIpc) is 3.07. The minimum Gasteiger partial charge on any atom is -0.317 e. The van der Waals surface area contributed by atoms with E-state index in [0.29, 0.717) is 0 Å². The molecule has 2 nitrogen and oxygen atoms in total. The molecule has 0 fully saturated rings. The van der Waals surface area contributed by atoms with Crippen LogP contribution in [0.3, 0.4) is 0 Å². The molecule has 2 aliphatic heterocycles. The van der Waals surface area contributed by atoms with Crippen molar-refractivity contribution in [3.05, 3.63) is 193 Å². The maximum atomic E-state index is 4.79. The highest BCUT2D eigenvalue weighted by atomic mass is 15.2. The smallest absolute Gasteiger partial charge is 0.0641 e. The third kappa shape index (κ3) is 4.26. The molecular formula is C43H32N2. The molecule has 0 aromatic heterocycles. The van der Waals surface area contributed by atoms with E-state index in [1.807, 2.05) is 12.2 Å². The third-order valence-electron chi connectivity index (χ3n) is 8.93. The van der Waals surface area contributed by atoms with Crippen LogP contribution in [0.4, 0.5) is 22.7 Å². The Labute approximate surface area is 265 Å². The van der Waals surface area contributed by atoms with Gasteiger partial charge in [0.05, 0.1) is 17.1 Å². The van der Waals surface area contributed by atoms with Crippen LogP contribution in [0.15, 0.2) is 165 Å². The summed E-state index contributed by atoms with van der Waals surface area (Å²) < 4.78 is 0. The summed E-state index contributed by atoms with van der Waals surface area (Å²) in [6, 6.07) is 41.4. The summed E-state index contributed by atoms with van der Waals surface area (Å²) in [5.41, 5.74) is 17.4. The largest absolute Gasteiger partial charge is 0.317 e. The van der Waals surface area contributed by atoms with Gasteiger partial charge < -0.3 is 9.80 Å². The molecule has 2 heteroatoms. The summed E-state index contributed by atoms with van der Waals surface area (Å²) in [6.45, 7) is 10.9. The molecule has 0 atom stereocenters. The molecular weight excluding hydrogens is 544 g/mol. The lowest BCUT2D eigenvalue weighted by atomic mass is 9.76. The molecule has 0 amide bonds. The summed E-state index contributed by atoms with van der Waals surface area (Å²) in [6.07, 6.45) is 12.6. The van der Waals surface area contributed by atoms with Crippen LogP contribution in [0.5, 0.6) is 0 Å². The van der Waals surface area contributed by atoms with Gasteiger partial charge in [0, 0.05) is 34.3 Å². The van der Waals surface area contributed by atoms with Gasteiger partial charge in [-0.15, -0.1) is 0 Å². The predicted molar refractivity (Wildman–Crippen MR) is 193 cm³/mol. The lowest BCUT2D eigenvalue weighted by Gasteiger charge is -2.45. The molecule has 5 aromatic carbocycles. The van der Waals surface area contributed by atoms with Crippen molar-refractivity contribution in [2.75, 3.05) is 9.80 Å². The Morgan fingerprint density at radius 3 is 2.20 bits per heavy atom. The molecule has 5 aromatic rings. The van der Waals surface area contributed by atoms with E-state index < -0.39 is 0 Å². The minimum absolute atomic E-state index is 1.03. The summed E-state index contributed by atoms with van der Waals surface area (Å²) in [5, 5.41) is 0. The quantitative estimate of drug-likeness (QED) is 0.192. The monoisotopic (exact) mass is 576 g/mol. The highest BCUT2D eigenvalue weighted by Crippen LogP contribution is 2.59. The van der Waals surface area contributed by atoms with Crippen LogP contribution < -0.4 is 9.80 Å². The van der Waals surface area contributed by atoms with Crippen LogP contribution in [0.2, 0.25) is 0 Å².